The van der Waals surface area contributed by atoms with Crippen molar-refractivity contribution in [3.05, 3.63) is 18.2 Å². The van der Waals surface area contributed by atoms with Crippen LogP contribution in [0.5, 0.6) is 0 Å². The van der Waals surface area contributed by atoms with Crippen molar-refractivity contribution in [2.75, 3.05) is 6.54 Å². The van der Waals surface area contributed by atoms with Crippen molar-refractivity contribution in [3.8, 4) is 0 Å². The van der Waals surface area contributed by atoms with Gasteiger partial charge in [-0.1, -0.05) is 6.07 Å². The maximum atomic E-state index is 12.1. The molecule has 6 nitrogen and oxygen atoms in total. The first-order valence-corrected chi connectivity index (χ1v) is 7.19. The van der Waals surface area contributed by atoms with E-state index in [0.717, 1.165) is 11.7 Å². The summed E-state index contributed by atoms with van der Waals surface area (Å²) in [5.74, 6) is 0. The normalized spacial score (nSPS) is 13.2. The first-order valence-electron chi connectivity index (χ1n) is 4.98. The minimum Gasteiger partial charge on any atom is -0.329 e. The highest BCUT2D eigenvalue weighted by Crippen LogP contribution is 2.20. The number of benzene rings is 1. The van der Waals surface area contributed by atoms with Crippen molar-refractivity contribution in [3.63, 3.8) is 0 Å². The van der Waals surface area contributed by atoms with Crippen molar-refractivity contribution in [2.45, 2.75) is 17.9 Å². The summed E-state index contributed by atoms with van der Waals surface area (Å²) in [4.78, 5) is 0.143. The second kappa shape index (κ2) is 5.89. The molecule has 0 aliphatic carbocycles. The van der Waals surface area contributed by atoms with Crippen LogP contribution in [0.25, 0.3) is 11.0 Å². The Labute approximate surface area is 115 Å². The van der Waals surface area contributed by atoms with E-state index < -0.39 is 10.0 Å². The molecule has 100 valence electrons. The van der Waals surface area contributed by atoms with E-state index in [9.17, 15) is 8.42 Å². The van der Waals surface area contributed by atoms with E-state index in [-0.39, 0.29) is 29.9 Å². The maximum absolute atomic E-state index is 12.1. The first-order chi connectivity index (χ1) is 8.04. The summed E-state index contributed by atoms with van der Waals surface area (Å²) in [6.45, 7) is 1.95. The van der Waals surface area contributed by atoms with Crippen molar-refractivity contribution < 1.29 is 8.42 Å². The van der Waals surface area contributed by atoms with Crippen LogP contribution >= 0.6 is 24.1 Å². The molecule has 0 amide bonds. The zero-order valence-corrected chi connectivity index (χ0v) is 12.0. The summed E-state index contributed by atoms with van der Waals surface area (Å²) < 4.78 is 34.7. The molecule has 0 spiro atoms. The molecule has 0 bridgehead atoms. The molecule has 1 aromatic heterocycles. The quantitative estimate of drug-likeness (QED) is 0.868. The van der Waals surface area contributed by atoms with Crippen LogP contribution < -0.4 is 10.5 Å². The average molecular weight is 309 g/mol. The lowest BCUT2D eigenvalue weighted by Crippen LogP contribution is -2.37. The molecule has 0 fully saturated rings. The molecule has 0 radical (unpaired) electrons. The molecule has 1 heterocycles. The Bertz CT molecular complexity index is 628. The number of aromatic nitrogens is 2. The van der Waals surface area contributed by atoms with Crippen molar-refractivity contribution in [1.82, 2.24) is 13.5 Å². The Morgan fingerprint density at radius 3 is 2.83 bits per heavy atom. The number of sulfonamides is 1. The third kappa shape index (κ3) is 2.96. The van der Waals surface area contributed by atoms with Crippen LogP contribution in [0.1, 0.15) is 6.92 Å². The van der Waals surface area contributed by atoms with E-state index in [1.54, 1.807) is 19.1 Å². The van der Waals surface area contributed by atoms with Gasteiger partial charge in [0.2, 0.25) is 10.0 Å². The zero-order chi connectivity index (χ0) is 12.5. The van der Waals surface area contributed by atoms with Crippen molar-refractivity contribution in [2.24, 2.45) is 5.73 Å². The van der Waals surface area contributed by atoms with E-state index in [1.165, 1.54) is 6.07 Å². The van der Waals surface area contributed by atoms with E-state index >= 15 is 0 Å². The summed E-state index contributed by atoms with van der Waals surface area (Å²) in [5, 5.41) is 0. The lowest BCUT2D eigenvalue weighted by molar-refractivity contribution is 0.563. The fraction of sp³-hybridized carbons (Fsp3) is 0.333. The number of nitrogens with zero attached hydrogens (tertiary/aromatic N) is 2. The fourth-order valence-electron chi connectivity index (χ4n) is 1.37. The van der Waals surface area contributed by atoms with Crippen molar-refractivity contribution >= 4 is 45.2 Å². The minimum atomic E-state index is -3.59. The molecular formula is C9H13ClN4O2S2. The summed E-state index contributed by atoms with van der Waals surface area (Å²) in [6.07, 6.45) is 0. The molecule has 18 heavy (non-hydrogen) atoms. The van der Waals surface area contributed by atoms with Gasteiger partial charge in [0, 0.05) is 12.6 Å². The van der Waals surface area contributed by atoms with Gasteiger partial charge in [0.25, 0.3) is 0 Å². The number of halogens is 1. The molecule has 2 rings (SSSR count). The summed E-state index contributed by atoms with van der Waals surface area (Å²) in [6, 6.07) is 4.56. The number of nitrogens with two attached hydrogens (primary N) is 1. The van der Waals surface area contributed by atoms with Crippen LogP contribution in [0.15, 0.2) is 23.1 Å². The molecule has 3 N–H and O–H groups in total. The third-order valence-corrected chi connectivity index (χ3v) is 4.41. The first kappa shape index (κ1) is 15.3. The molecular weight excluding hydrogens is 296 g/mol. The summed E-state index contributed by atoms with van der Waals surface area (Å²) in [5.41, 5.74) is 6.38. The average Bonchev–Trinajstić information content (AvgIpc) is 2.75. The SMILES string of the molecule is C[C@H](CN)NS(=O)(=O)c1cccc2nsnc12.Cl. The lowest BCUT2D eigenvalue weighted by atomic mass is 10.3. The lowest BCUT2D eigenvalue weighted by Gasteiger charge is -2.11. The largest absolute Gasteiger partial charge is 0.329 e. The van der Waals surface area contributed by atoms with Gasteiger partial charge in [-0.15, -0.1) is 12.4 Å². The van der Waals surface area contributed by atoms with E-state index in [1.807, 2.05) is 0 Å². The Morgan fingerprint density at radius 2 is 2.17 bits per heavy atom. The van der Waals surface area contributed by atoms with Crippen LogP contribution in [-0.2, 0) is 10.0 Å². The van der Waals surface area contributed by atoms with Crippen LogP contribution in [0, 0.1) is 0 Å². The standard InChI is InChI=1S/C9H12N4O2S2.ClH/c1-6(5-10)13-17(14,15)8-4-2-3-7-9(8)12-16-11-7;/h2-4,6,13H,5,10H2,1H3;1H/t6-;/m1./s1. The smallest absolute Gasteiger partial charge is 0.243 e. The van der Waals surface area contributed by atoms with Gasteiger partial charge in [-0.25, -0.2) is 13.1 Å². The van der Waals surface area contributed by atoms with Crippen LogP contribution in [0.2, 0.25) is 0 Å². The van der Waals surface area contributed by atoms with Gasteiger partial charge in [-0.2, -0.15) is 8.75 Å². The highest BCUT2D eigenvalue weighted by molar-refractivity contribution is 7.89. The zero-order valence-electron chi connectivity index (χ0n) is 9.53. The third-order valence-electron chi connectivity index (χ3n) is 2.25. The molecule has 1 atom stereocenters. The Balaban J connectivity index is 0.00000162. The number of rotatable bonds is 4. The molecule has 0 saturated carbocycles. The molecule has 0 aliphatic heterocycles. The van der Waals surface area contributed by atoms with Crippen molar-refractivity contribution in [1.29, 1.82) is 0 Å². The van der Waals surface area contributed by atoms with Gasteiger partial charge in [0.1, 0.15) is 15.9 Å². The Hall–Kier alpha value is -0.800. The molecule has 1 aromatic carbocycles. The minimum absolute atomic E-state index is 0. The molecule has 0 unspecified atom stereocenters. The van der Waals surface area contributed by atoms with Crippen LogP contribution in [0.4, 0.5) is 0 Å². The van der Waals surface area contributed by atoms with Gasteiger partial charge >= 0.3 is 0 Å². The number of fused-ring (bicyclic) bond motifs is 1. The molecule has 0 aliphatic rings. The van der Waals surface area contributed by atoms with E-state index in [0.29, 0.717) is 11.0 Å². The topological polar surface area (TPSA) is 98.0 Å². The number of nitrogens with one attached hydrogen (secondary N) is 1. The van der Waals surface area contributed by atoms with E-state index in [2.05, 4.69) is 13.5 Å². The van der Waals surface area contributed by atoms with Gasteiger partial charge in [-0.05, 0) is 19.1 Å². The summed E-state index contributed by atoms with van der Waals surface area (Å²) in [7, 11) is -3.59. The predicted molar refractivity (Wildman–Crippen MR) is 73.5 cm³/mol. The van der Waals surface area contributed by atoms with Gasteiger partial charge in [0.15, 0.2) is 0 Å². The van der Waals surface area contributed by atoms with Gasteiger partial charge in [0.05, 0.1) is 11.7 Å². The highest BCUT2D eigenvalue weighted by atomic mass is 35.5. The number of hydrogen-bond acceptors (Lipinski definition) is 6. The monoisotopic (exact) mass is 308 g/mol. The van der Waals surface area contributed by atoms with Crippen LogP contribution in [0.3, 0.4) is 0 Å². The molecule has 9 heteroatoms. The second-order valence-corrected chi connectivity index (χ2v) is 5.86. The summed E-state index contributed by atoms with van der Waals surface area (Å²) >= 11 is 0.991. The van der Waals surface area contributed by atoms with E-state index in [4.69, 9.17) is 5.73 Å². The Morgan fingerprint density at radius 1 is 1.44 bits per heavy atom. The highest BCUT2D eigenvalue weighted by Gasteiger charge is 2.20. The Kier molecular flexibility index (Phi) is 5.00. The predicted octanol–water partition coefficient (Wildman–Crippen LogP) is 0.739. The maximum Gasteiger partial charge on any atom is 0.243 e. The van der Waals surface area contributed by atoms with Gasteiger partial charge in [-0.3, -0.25) is 0 Å². The molecule has 0 saturated heterocycles. The van der Waals surface area contributed by atoms with Crippen LogP contribution in [-0.4, -0.2) is 29.8 Å². The molecule has 2 aromatic rings. The fourth-order valence-corrected chi connectivity index (χ4v) is 3.40. The number of hydrogen-bond donors (Lipinski definition) is 2. The second-order valence-electron chi connectivity index (χ2n) is 3.65. The van der Waals surface area contributed by atoms with Gasteiger partial charge < -0.3 is 5.73 Å².